The molecule has 0 N–H and O–H groups in total. The van der Waals surface area contributed by atoms with Crippen molar-refractivity contribution in [3.8, 4) is 11.5 Å². The van der Waals surface area contributed by atoms with Crippen LogP contribution in [0.4, 0.5) is 0 Å². The van der Waals surface area contributed by atoms with Gasteiger partial charge in [-0.3, -0.25) is 14.5 Å². The molecule has 2 aromatic rings. The lowest BCUT2D eigenvalue weighted by Gasteiger charge is -2.36. The molecule has 7 nitrogen and oxygen atoms in total. The van der Waals surface area contributed by atoms with Gasteiger partial charge >= 0.3 is 0 Å². The highest BCUT2D eigenvalue weighted by molar-refractivity contribution is 7.12. The third kappa shape index (κ3) is 4.27. The van der Waals surface area contributed by atoms with E-state index in [1.807, 2.05) is 33.4 Å². The molecule has 8 heteroatoms. The minimum atomic E-state index is 0.0697. The third-order valence-corrected chi connectivity index (χ3v) is 7.16. The number of ether oxygens (including phenoxy) is 2. The zero-order chi connectivity index (χ0) is 21.2. The molecule has 0 bridgehead atoms. The monoisotopic (exact) mass is 441 g/mol. The fourth-order valence-corrected chi connectivity index (χ4v) is 5.34. The molecule has 4 heterocycles. The minimum Gasteiger partial charge on any atom is -0.486 e. The Morgan fingerprint density at radius 1 is 0.968 bits per heavy atom. The molecule has 2 amide bonds. The number of thiophene rings is 1. The number of nitrogens with zero attached hydrogens (tertiary/aromatic N) is 3. The molecule has 3 aliphatic heterocycles. The molecule has 164 valence electrons. The van der Waals surface area contributed by atoms with Gasteiger partial charge in [0.2, 0.25) is 5.91 Å². The molecule has 3 aliphatic rings. The summed E-state index contributed by atoms with van der Waals surface area (Å²) in [5.41, 5.74) is 1.18. The van der Waals surface area contributed by atoms with Gasteiger partial charge in [-0.15, -0.1) is 11.3 Å². The van der Waals surface area contributed by atoms with Crippen molar-refractivity contribution in [3.63, 3.8) is 0 Å². The fraction of sp³-hybridized carbons (Fsp3) is 0.478. The van der Waals surface area contributed by atoms with Crippen LogP contribution in [0.25, 0.3) is 0 Å². The molecule has 1 aromatic heterocycles. The Bertz CT molecular complexity index is 940. The number of likely N-dealkylation sites (tertiary alicyclic amines) is 1. The molecule has 0 saturated carbocycles. The van der Waals surface area contributed by atoms with E-state index in [-0.39, 0.29) is 17.9 Å². The van der Waals surface area contributed by atoms with E-state index in [0.29, 0.717) is 45.9 Å². The first kappa shape index (κ1) is 20.3. The Hall–Kier alpha value is -2.58. The molecule has 1 aromatic carbocycles. The Morgan fingerprint density at radius 2 is 1.74 bits per heavy atom. The van der Waals surface area contributed by atoms with Crippen LogP contribution in [-0.4, -0.2) is 79.0 Å². The number of hydrogen-bond donors (Lipinski definition) is 0. The number of amides is 2. The highest BCUT2D eigenvalue weighted by Crippen LogP contribution is 2.38. The summed E-state index contributed by atoms with van der Waals surface area (Å²) >= 11 is 1.46. The van der Waals surface area contributed by atoms with E-state index in [9.17, 15) is 9.59 Å². The van der Waals surface area contributed by atoms with Gasteiger partial charge in [-0.2, -0.15) is 0 Å². The van der Waals surface area contributed by atoms with Gasteiger partial charge in [0.25, 0.3) is 5.91 Å². The summed E-state index contributed by atoms with van der Waals surface area (Å²) in [5, 5.41) is 1.92. The van der Waals surface area contributed by atoms with E-state index < -0.39 is 0 Å². The number of rotatable bonds is 4. The molecule has 0 spiro atoms. The summed E-state index contributed by atoms with van der Waals surface area (Å²) in [6.45, 7) is 4.87. The summed E-state index contributed by atoms with van der Waals surface area (Å²) < 4.78 is 11.4. The van der Waals surface area contributed by atoms with Gasteiger partial charge in [0.15, 0.2) is 11.5 Å². The van der Waals surface area contributed by atoms with Crippen LogP contribution in [0.3, 0.4) is 0 Å². The summed E-state index contributed by atoms with van der Waals surface area (Å²) in [7, 11) is 0. The normalized spacial score (nSPS) is 21.4. The Morgan fingerprint density at radius 3 is 2.52 bits per heavy atom. The number of piperazine rings is 1. The maximum atomic E-state index is 13.0. The van der Waals surface area contributed by atoms with Gasteiger partial charge in [0, 0.05) is 32.2 Å². The zero-order valence-corrected chi connectivity index (χ0v) is 18.3. The number of benzene rings is 1. The van der Waals surface area contributed by atoms with Crippen LogP contribution >= 0.6 is 11.3 Å². The van der Waals surface area contributed by atoms with Crippen LogP contribution in [0.15, 0.2) is 35.7 Å². The van der Waals surface area contributed by atoms with Gasteiger partial charge in [0.1, 0.15) is 13.2 Å². The highest BCUT2D eigenvalue weighted by atomic mass is 32.1. The fourth-order valence-electron chi connectivity index (χ4n) is 4.65. The van der Waals surface area contributed by atoms with Crippen molar-refractivity contribution < 1.29 is 19.1 Å². The lowest BCUT2D eigenvalue weighted by atomic mass is 10.0. The molecule has 0 radical (unpaired) electrons. The molecule has 2 fully saturated rings. The molecule has 1 atom stereocenters. The maximum Gasteiger partial charge on any atom is 0.264 e. The van der Waals surface area contributed by atoms with Crippen LogP contribution in [0.5, 0.6) is 11.5 Å². The predicted molar refractivity (Wildman–Crippen MR) is 118 cm³/mol. The second-order valence-corrected chi connectivity index (χ2v) is 9.13. The largest absolute Gasteiger partial charge is 0.486 e. The molecule has 0 aliphatic carbocycles. The smallest absolute Gasteiger partial charge is 0.264 e. The lowest BCUT2D eigenvalue weighted by molar-refractivity contribution is -0.134. The maximum absolute atomic E-state index is 13.0. The topological polar surface area (TPSA) is 62.3 Å². The van der Waals surface area contributed by atoms with Crippen molar-refractivity contribution in [2.24, 2.45) is 0 Å². The van der Waals surface area contributed by atoms with Crippen LogP contribution in [-0.2, 0) is 4.79 Å². The second kappa shape index (κ2) is 8.88. The Kier molecular flexibility index (Phi) is 5.82. The SMILES string of the molecule is O=C(CN1CCCC1c1ccc2c(c1)OCCO2)N1CCN(C(=O)c2cccs2)CC1. The average molecular weight is 442 g/mol. The third-order valence-electron chi connectivity index (χ3n) is 6.30. The van der Waals surface area contributed by atoms with Crippen molar-refractivity contribution in [2.75, 3.05) is 52.5 Å². The standard InChI is InChI=1S/C23H27N3O4S/c27-22(24-8-10-25(11-9-24)23(28)21-4-2-14-31-21)16-26-7-1-3-18(26)17-5-6-19-20(15-17)30-13-12-29-19/h2,4-6,14-15,18H,1,3,7-13,16H2. The highest BCUT2D eigenvalue weighted by Gasteiger charge is 2.31. The van der Waals surface area contributed by atoms with E-state index in [4.69, 9.17) is 9.47 Å². The Labute approximate surface area is 186 Å². The quantitative estimate of drug-likeness (QED) is 0.730. The molecule has 1 unspecified atom stereocenters. The Balaban J connectivity index is 1.18. The van der Waals surface area contributed by atoms with Gasteiger partial charge in [0.05, 0.1) is 11.4 Å². The minimum absolute atomic E-state index is 0.0697. The molecular formula is C23H27N3O4S. The van der Waals surface area contributed by atoms with Crippen LogP contribution < -0.4 is 9.47 Å². The van der Waals surface area contributed by atoms with Gasteiger partial charge < -0.3 is 19.3 Å². The second-order valence-electron chi connectivity index (χ2n) is 8.18. The molecule has 5 rings (SSSR count). The first-order chi connectivity index (χ1) is 15.2. The first-order valence-electron chi connectivity index (χ1n) is 10.9. The van der Waals surface area contributed by atoms with E-state index in [1.54, 1.807) is 0 Å². The van der Waals surface area contributed by atoms with E-state index >= 15 is 0 Å². The lowest BCUT2D eigenvalue weighted by Crippen LogP contribution is -2.52. The van der Waals surface area contributed by atoms with Gasteiger partial charge in [-0.25, -0.2) is 0 Å². The van der Waals surface area contributed by atoms with Crippen molar-refractivity contribution >= 4 is 23.2 Å². The zero-order valence-electron chi connectivity index (χ0n) is 17.5. The van der Waals surface area contributed by atoms with Crippen LogP contribution in [0, 0.1) is 0 Å². The van der Waals surface area contributed by atoms with Crippen molar-refractivity contribution in [1.82, 2.24) is 14.7 Å². The van der Waals surface area contributed by atoms with Crippen molar-refractivity contribution in [3.05, 3.63) is 46.2 Å². The molecular weight excluding hydrogens is 414 g/mol. The van der Waals surface area contributed by atoms with Crippen molar-refractivity contribution in [2.45, 2.75) is 18.9 Å². The number of carbonyl (C=O) groups excluding carboxylic acids is 2. The summed E-state index contributed by atoms with van der Waals surface area (Å²) in [4.78, 5) is 32.3. The van der Waals surface area contributed by atoms with Crippen LogP contribution in [0.1, 0.15) is 34.1 Å². The molecule has 2 saturated heterocycles. The average Bonchev–Trinajstić information content (AvgIpc) is 3.51. The summed E-state index contributed by atoms with van der Waals surface area (Å²) in [6.07, 6.45) is 2.12. The number of hydrogen-bond acceptors (Lipinski definition) is 6. The van der Waals surface area contributed by atoms with Crippen molar-refractivity contribution in [1.29, 1.82) is 0 Å². The van der Waals surface area contributed by atoms with E-state index in [2.05, 4.69) is 17.0 Å². The van der Waals surface area contributed by atoms with E-state index in [0.717, 1.165) is 35.8 Å². The van der Waals surface area contributed by atoms with E-state index in [1.165, 1.54) is 16.9 Å². The van der Waals surface area contributed by atoms with Gasteiger partial charge in [-0.05, 0) is 48.5 Å². The summed E-state index contributed by atoms with van der Waals surface area (Å²) in [6, 6.07) is 10.1. The van der Waals surface area contributed by atoms with Gasteiger partial charge in [-0.1, -0.05) is 12.1 Å². The predicted octanol–water partition coefficient (Wildman–Crippen LogP) is 2.64. The van der Waals surface area contributed by atoms with Crippen LogP contribution in [0.2, 0.25) is 0 Å². The first-order valence-corrected chi connectivity index (χ1v) is 11.8. The number of fused-ring (bicyclic) bond motifs is 1. The number of carbonyl (C=O) groups is 2. The summed E-state index contributed by atoms with van der Waals surface area (Å²) in [5.74, 6) is 1.81. The molecule has 31 heavy (non-hydrogen) atoms.